The van der Waals surface area contributed by atoms with E-state index in [1.165, 1.54) is 0 Å². The number of carbonyl (C=O) groups is 2. The molecule has 0 bridgehead atoms. The number of para-hydroxylation sites is 1. The summed E-state index contributed by atoms with van der Waals surface area (Å²) in [6.07, 6.45) is 1.67. The Labute approximate surface area is 149 Å². The monoisotopic (exact) mass is 344 g/mol. The summed E-state index contributed by atoms with van der Waals surface area (Å²) < 4.78 is 1.83. The fourth-order valence-corrected chi connectivity index (χ4v) is 3.23. The number of Topliss-reactive ketones (excluding diaryl/α,β-unsaturated/α-hetero) is 1. The van der Waals surface area contributed by atoms with E-state index >= 15 is 0 Å². The number of carbonyl (C=O) groups excluding carboxylic acids is 2. The van der Waals surface area contributed by atoms with Crippen LogP contribution in [0.25, 0.3) is 21.7 Å². The van der Waals surface area contributed by atoms with E-state index in [0.29, 0.717) is 22.0 Å². The molecule has 0 aliphatic carbocycles. The molecule has 0 aliphatic rings. The Hall–Kier alpha value is -3.60. The molecule has 1 amide bonds. The van der Waals surface area contributed by atoms with Gasteiger partial charge in [0.2, 0.25) is 0 Å². The summed E-state index contributed by atoms with van der Waals surface area (Å²) in [7, 11) is 1.84. The number of phenols is 1. The van der Waals surface area contributed by atoms with Gasteiger partial charge in [-0.1, -0.05) is 42.5 Å². The van der Waals surface area contributed by atoms with Gasteiger partial charge in [0.05, 0.1) is 5.56 Å². The number of fused-ring (bicyclic) bond motifs is 2. The second kappa shape index (κ2) is 6.04. The number of phenolic OH excluding ortho intramolecular Hbond substituents is 1. The summed E-state index contributed by atoms with van der Waals surface area (Å²) in [5, 5.41) is 14.7. The highest BCUT2D eigenvalue weighted by atomic mass is 16.3. The first-order valence-corrected chi connectivity index (χ1v) is 8.16. The summed E-state index contributed by atoms with van der Waals surface area (Å²) in [5.74, 6) is -1.19. The number of aromatic hydroxyl groups is 1. The predicted octanol–water partition coefficient (Wildman–Crippen LogP) is 3.86. The number of nitrogens with one attached hydrogen (secondary N) is 1. The van der Waals surface area contributed by atoms with Gasteiger partial charge in [0, 0.05) is 40.6 Å². The average Bonchev–Trinajstić information content (AvgIpc) is 2.99. The first kappa shape index (κ1) is 15.9. The summed E-state index contributed by atoms with van der Waals surface area (Å²) in [5.41, 5.74) is 1.74. The summed E-state index contributed by atoms with van der Waals surface area (Å²) in [4.78, 5) is 25.3. The molecule has 0 atom stereocenters. The standard InChI is InChI=1S/C21H16N2O3/c1-23-12-16(14-6-2-3-10-18(14)23)20(25)21(26)22-17-9-4-8-15-13(17)7-5-11-19(15)24/h2-12,24H,1H3,(H,22,26). The number of hydrogen-bond acceptors (Lipinski definition) is 3. The maximum atomic E-state index is 12.7. The van der Waals surface area contributed by atoms with E-state index in [9.17, 15) is 14.7 Å². The van der Waals surface area contributed by atoms with Crippen LogP contribution in [0.2, 0.25) is 0 Å². The number of benzene rings is 3. The minimum absolute atomic E-state index is 0.124. The molecule has 128 valence electrons. The SMILES string of the molecule is Cn1cc(C(=O)C(=O)Nc2cccc3c(O)cccc23)c2ccccc21. The normalized spacial score (nSPS) is 11.0. The van der Waals surface area contributed by atoms with Gasteiger partial charge in [0.15, 0.2) is 0 Å². The van der Waals surface area contributed by atoms with Crippen molar-refractivity contribution in [2.24, 2.45) is 7.05 Å². The lowest BCUT2D eigenvalue weighted by Crippen LogP contribution is -2.22. The van der Waals surface area contributed by atoms with Gasteiger partial charge in [-0.2, -0.15) is 0 Å². The fraction of sp³-hybridized carbons (Fsp3) is 0.0476. The van der Waals surface area contributed by atoms with Gasteiger partial charge >= 0.3 is 0 Å². The molecule has 0 unspecified atom stereocenters. The molecule has 0 saturated carbocycles. The average molecular weight is 344 g/mol. The van der Waals surface area contributed by atoms with E-state index in [-0.39, 0.29) is 5.75 Å². The smallest absolute Gasteiger partial charge is 0.296 e. The number of rotatable bonds is 3. The van der Waals surface area contributed by atoms with Crippen molar-refractivity contribution >= 4 is 39.1 Å². The molecule has 0 fully saturated rings. The first-order chi connectivity index (χ1) is 12.6. The number of aryl methyl sites for hydroxylation is 1. The van der Waals surface area contributed by atoms with Crippen LogP contribution in [0.3, 0.4) is 0 Å². The van der Waals surface area contributed by atoms with Crippen molar-refractivity contribution in [1.29, 1.82) is 0 Å². The van der Waals surface area contributed by atoms with Crippen LogP contribution < -0.4 is 5.32 Å². The van der Waals surface area contributed by atoms with Crippen molar-refractivity contribution in [2.45, 2.75) is 0 Å². The molecule has 4 aromatic rings. The van der Waals surface area contributed by atoms with Gasteiger partial charge in [0.1, 0.15) is 5.75 Å². The van der Waals surface area contributed by atoms with E-state index in [1.807, 2.05) is 35.9 Å². The van der Waals surface area contributed by atoms with E-state index in [1.54, 1.807) is 42.6 Å². The second-order valence-electron chi connectivity index (χ2n) is 6.13. The highest BCUT2D eigenvalue weighted by Crippen LogP contribution is 2.30. The number of ketones is 1. The Balaban J connectivity index is 1.71. The third-order valence-corrected chi connectivity index (χ3v) is 4.50. The van der Waals surface area contributed by atoms with E-state index < -0.39 is 11.7 Å². The largest absolute Gasteiger partial charge is 0.507 e. The van der Waals surface area contributed by atoms with E-state index in [2.05, 4.69) is 5.32 Å². The molecule has 0 radical (unpaired) electrons. The highest BCUT2D eigenvalue weighted by Gasteiger charge is 2.21. The van der Waals surface area contributed by atoms with Gasteiger partial charge in [-0.15, -0.1) is 0 Å². The van der Waals surface area contributed by atoms with Crippen LogP contribution in [0.5, 0.6) is 5.75 Å². The quantitative estimate of drug-likeness (QED) is 0.438. The fourth-order valence-electron chi connectivity index (χ4n) is 3.23. The summed E-state index contributed by atoms with van der Waals surface area (Å²) >= 11 is 0. The lowest BCUT2D eigenvalue weighted by Gasteiger charge is -2.09. The predicted molar refractivity (Wildman–Crippen MR) is 101 cm³/mol. The van der Waals surface area contributed by atoms with E-state index in [0.717, 1.165) is 10.9 Å². The molecule has 0 spiro atoms. The summed E-state index contributed by atoms with van der Waals surface area (Å²) in [6, 6.07) is 17.7. The maximum absolute atomic E-state index is 12.7. The number of nitrogens with zero attached hydrogens (tertiary/aromatic N) is 1. The van der Waals surface area contributed by atoms with Gasteiger partial charge < -0.3 is 15.0 Å². The van der Waals surface area contributed by atoms with Crippen LogP contribution in [0, 0.1) is 0 Å². The number of amides is 1. The molecule has 3 aromatic carbocycles. The van der Waals surface area contributed by atoms with Gasteiger partial charge in [-0.3, -0.25) is 9.59 Å². The van der Waals surface area contributed by atoms with Crippen molar-refractivity contribution in [2.75, 3.05) is 5.32 Å². The van der Waals surface area contributed by atoms with Gasteiger partial charge in [-0.05, 0) is 18.2 Å². The van der Waals surface area contributed by atoms with Crippen LogP contribution in [0.15, 0.2) is 66.9 Å². The molecule has 26 heavy (non-hydrogen) atoms. The van der Waals surface area contributed by atoms with Crippen LogP contribution >= 0.6 is 0 Å². The molecular weight excluding hydrogens is 328 g/mol. The zero-order chi connectivity index (χ0) is 18.3. The van der Waals surface area contributed by atoms with Crippen LogP contribution in [-0.2, 0) is 11.8 Å². The summed E-state index contributed by atoms with van der Waals surface area (Å²) in [6.45, 7) is 0. The number of aromatic nitrogens is 1. The highest BCUT2D eigenvalue weighted by molar-refractivity contribution is 6.48. The maximum Gasteiger partial charge on any atom is 0.296 e. The lowest BCUT2D eigenvalue weighted by atomic mass is 10.1. The zero-order valence-corrected chi connectivity index (χ0v) is 14.1. The second-order valence-corrected chi connectivity index (χ2v) is 6.13. The minimum atomic E-state index is -0.711. The van der Waals surface area contributed by atoms with Crippen molar-refractivity contribution in [3.05, 3.63) is 72.4 Å². The van der Waals surface area contributed by atoms with E-state index in [4.69, 9.17) is 0 Å². The third kappa shape index (κ3) is 2.50. The Bertz CT molecular complexity index is 1170. The number of anilines is 1. The Morgan fingerprint density at radius 2 is 1.58 bits per heavy atom. The Morgan fingerprint density at radius 1 is 0.885 bits per heavy atom. The van der Waals surface area contributed by atoms with Crippen molar-refractivity contribution in [1.82, 2.24) is 4.57 Å². The number of hydrogen-bond donors (Lipinski definition) is 2. The van der Waals surface area contributed by atoms with Gasteiger partial charge in [0.25, 0.3) is 11.7 Å². The molecule has 5 nitrogen and oxygen atoms in total. The van der Waals surface area contributed by atoms with Crippen LogP contribution in [0.4, 0.5) is 5.69 Å². The topological polar surface area (TPSA) is 71.3 Å². The molecule has 0 saturated heterocycles. The zero-order valence-electron chi connectivity index (χ0n) is 14.1. The minimum Gasteiger partial charge on any atom is -0.507 e. The lowest BCUT2D eigenvalue weighted by molar-refractivity contribution is -0.112. The molecule has 4 rings (SSSR count). The molecule has 1 aromatic heterocycles. The molecular formula is C21H16N2O3. The molecule has 1 heterocycles. The van der Waals surface area contributed by atoms with Crippen molar-refractivity contribution in [3.63, 3.8) is 0 Å². The molecule has 5 heteroatoms. The Kier molecular flexibility index (Phi) is 3.69. The van der Waals surface area contributed by atoms with Crippen molar-refractivity contribution in [3.8, 4) is 5.75 Å². The van der Waals surface area contributed by atoms with Gasteiger partial charge in [-0.25, -0.2) is 0 Å². The molecule has 0 aliphatic heterocycles. The molecule has 2 N–H and O–H groups in total. The van der Waals surface area contributed by atoms with Crippen molar-refractivity contribution < 1.29 is 14.7 Å². The van der Waals surface area contributed by atoms with Crippen LogP contribution in [0.1, 0.15) is 10.4 Å². The third-order valence-electron chi connectivity index (χ3n) is 4.50. The first-order valence-electron chi connectivity index (χ1n) is 8.16. The Morgan fingerprint density at radius 3 is 2.42 bits per heavy atom. The van der Waals surface area contributed by atoms with Crippen LogP contribution in [-0.4, -0.2) is 21.4 Å².